The fraction of sp³-hybridized carbons (Fsp3) is 0.433. The number of rotatable bonds is 11. The maximum Gasteiger partial charge on any atom is 0.317 e. The number of ether oxygens (including phenoxy) is 1. The molecule has 1 heterocycles. The second-order valence-corrected chi connectivity index (χ2v) is 10.8. The van der Waals surface area contributed by atoms with Gasteiger partial charge in [0.1, 0.15) is 12.4 Å². The first-order valence-corrected chi connectivity index (χ1v) is 13.1. The molecule has 38 heavy (non-hydrogen) atoms. The van der Waals surface area contributed by atoms with Crippen molar-refractivity contribution in [3.63, 3.8) is 0 Å². The van der Waals surface area contributed by atoms with Crippen LogP contribution in [0.25, 0.3) is 10.8 Å². The number of aromatic nitrogens is 1. The van der Waals surface area contributed by atoms with Gasteiger partial charge < -0.3 is 20.1 Å². The lowest BCUT2D eigenvalue weighted by Crippen LogP contribution is -2.48. The van der Waals surface area contributed by atoms with Crippen molar-refractivity contribution in [2.75, 3.05) is 13.7 Å². The van der Waals surface area contributed by atoms with Crippen LogP contribution in [0.4, 0.5) is 9.18 Å². The maximum atomic E-state index is 13.7. The predicted molar refractivity (Wildman–Crippen MR) is 144 cm³/mol. The van der Waals surface area contributed by atoms with Crippen LogP contribution in [-0.2, 0) is 22.5 Å². The Bertz CT molecular complexity index is 1290. The molecule has 1 atom stereocenters. The summed E-state index contributed by atoms with van der Waals surface area (Å²) in [6.45, 7) is 3.53. The molecule has 202 valence electrons. The van der Waals surface area contributed by atoms with Crippen molar-refractivity contribution in [3.8, 4) is 0 Å². The van der Waals surface area contributed by atoms with Crippen molar-refractivity contribution in [1.82, 2.24) is 15.2 Å². The summed E-state index contributed by atoms with van der Waals surface area (Å²) in [6, 6.07) is 13.6. The van der Waals surface area contributed by atoms with E-state index in [-0.39, 0.29) is 37.8 Å². The Balaban J connectivity index is 1.31. The highest BCUT2D eigenvalue weighted by atomic mass is 19.1. The summed E-state index contributed by atoms with van der Waals surface area (Å²) in [6.07, 6.45) is 4.67. The lowest BCUT2D eigenvalue weighted by Gasteiger charge is -2.32. The second-order valence-electron chi connectivity index (χ2n) is 10.8. The first kappa shape index (κ1) is 27.5. The number of carbonyl (C=O) groups excluding carboxylic acids is 2. The zero-order valence-electron chi connectivity index (χ0n) is 22.2. The van der Waals surface area contributed by atoms with E-state index in [4.69, 9.17) is 4.74 Å². The van der Waals surface area contributed by atoms with Gasteiger partial charge in [0.15, 0.2) is 0 Å². The van der Waals surface area contributed by atoms with Gasteiger partial charge >= 0.3 is 12.0 Å². The molecule has 1 aliphatic carbocycles. The molecule has 0 radical (unpaired) electrons. The molecule has 1 aliphatic rings. The van der Waals surface area contributed by atoms with Gasteiger partial charge in [0.2, 0.25) is 0 Å². The molecule has 1 fully saturated rings. The Kier molecular flexibility index (Phi) is 8.62. The van der Waals surface area contributed by atoms with E-state index in [2.05, 4.69) is 10.3 Å². The Morgan fingerprint density at radius 3 is 2.63 bits per heavy atom. The number of benzene rings is 2. The molecule has 3 aromatic rings. The van der Waals surface area contributed by atoms with E-state index in [0.717, 1.165) is 40.4 Å². The molecule has 1 aromatic heterocycles. The molecule has 0 unspecified atom stereocenters. The van der Waals surface area contributed by atoms with E-state index in [1.165, 1.54) is 11.0 Å². The number of urea groups is 1. The van der Waals surface area contributed by atoms with E-state index in [9.17, 15) is 19.1 Å². The van der Waals surface area contributed by atoms with Gasteiger partial charge in [0, 0.05) is 37.3 Å². The monoisotopic (exact) mass is 521 g/mol. The quantitative estimate of drug-likeness (QED) is 0.343. The molecule has 0 saturated heterocycles. The smallest absolute Gasteiger partial charge is 0.317 e. The number of pyridine rings is 1. The molecule has 2 amide bonds. The predicted octanol–water partition coefficient (Wildman–Crippen LogP) is 5.10. The van der Waals surface area contributed by atoms with Crippen molar-refractivity contribution in [2.45, 2.75) is 70.1 Å². The van der Waals surface area contributed by atoms with Crippen LogP contribution in [-0.4, -0.2) is 52.3 Å². The van der Waals surface area contributed by atoms with E-state index >= 15 is 0 Å². The number of esters is 1. The van der Waals surface area contributed by atoms with Crippen LogP contribution in [0.1, 0.15) is 62.3 Å². The summed E-state index contributed by atoms with van der Waals surface area (Å²) in [5, 5.41) is 15.4. The highest BCUT2D eigenvalue weighted by Gasteiger charge is 2.29. The Hall–Kier alpha value is -3.52. The van der Waals surface area contributed by atoms with Crippen LogP contribution < -0.4 is 5.32 Å². The zero-order chi connectivity index (χ0) is 27.3. The zero-order valence-corrected chi connectivity index (χ0v) is 22.2. The lowest BCUT2D eigenvalue weighted by atomic mass is 9.99. The van der Waals surface area contributed by atoms with Crippen LogP contribution >= 0.6 is 0 Å². The van der Waals surface area contributed by atoms with Gasteiger partial charge in [-0.25, -0.2) is 9.18 Å². The highest BCUT2D eigenvalue weighted by molar-refractivity contribution is 5.82. The molecule has 8 heteroatoms. The standard InChI is InChI=1S/C30H36FN3O4/c1-30(2,37)16-26(19-38-28(35)13-12-25-14-21-6-4-5-7-22(21)17-32-25)34(3)29(36)33-18-23-10-11-24(31)15-27(23)20-8-9-20/h4-7,10-11,14-15,17,20,26,37H,8-9,12-13,16,18-19H2,1-3H3,(H,33,36)/t26-/m0/s1. The number of halogens is 1. The van der Waals surface area contributed by atoms with E-state index < -0.39 is 17.6 Å². The average molecular weight is 522 g/mol. The SMILES string of the molecule is CN(C(=O)NCc1ccc(F)cc1C1CC1)[C@H](COC(=O)CCc1cc2ccccc2cn1)CC(C)(C)O. The Labute approximate surface area is 223 Å². The van der Waals surface area contributed by atoms with Gasteiger partial charge in [-0.05, 0) is 73.7 Å². The topological polar surface area (TPSA) is 91.8 Å². The third-order valence-corrected chi connectivity index (χ3v) is 6.87. The van der Waals surface area contributed by atoms with Crippen molar-refractivity contribution in [2.24, 2.45) is 0 Å². The first-order chi connectivity index (χ1) is 18.1. The van der Waals surface area contributed by atoms with Crippen molar-refractivity contribution < 1.29 is 23.8 Å². The van der Waals surface area contributed by atoms with Crippen LogP contribution in [0, 0.1) is 5.82 Å². The highest BCUT2D eigenvalue weighted by Crippen LogP contribution is 2.41. The molecule has 0 aliphatic heterocycles. The number of hydrogen-bond donors (Lipinski definition) is 2. The minimum absolute atomic E-state index is 0.0399. The summed E-state index contributed by atoms with van der Waals surface area (Å²) in [4.78, 5) is 31.4. The van der Waals surface area contributed by atoms with Crippen LogP contribution in [0.15, 0.2) is 54.7 Å². The number of likely N-dealkylation sites (N-methyl/N-ethyl adjacent to an activating group) is 1. The third kappa shape index (κ3) is 7.74. The van der Waals surface area contributed by atoms with Gasteiger partial charge in [-0.2, -0.15) is 0 Å². The van der Waals surface area contributed by atoms with Gasteiger partial charge in [-0.15, -0.1) is 0 Å². The van der Waals surface area contributed by atoms with Gasteiger partial charge in [0.05, 0.1) is 18.1 Å². The summed E-state index contributed by atoms with van der Waals surface area (Å²) in [7, 11) is 1.62. The Morgan fingerprint density at radius 1 is 1.18 bits per heavy atom. The Morgan fingerprint density at radius 2 is 1.92 bits per heavy atom. The molecular weight excluding hydrogens is 485 g/mol. The molecule has 7 nitrogen and oxygen atoms in total. The van der Waals surface area contributed by atoms with Gasteiger partial charge in [0.25, 0.3) is 0 Å². The molecule has 0 spiro atoms. The molecule has 2 aromatic carbocycles. The van der Waals surface area contributed by atoms with Gasteiger partial charge in [-0.3, -0.25) is 9.78 Å². The number of amides is 2. The number of aryl methyl sites for hydroxylation is 1. The van der Waals surface area contributed by atoms with E-state index in [1.54, 1.807) is 39.2 Å². The number of nitrogens with one attached hydrogen (secondary N) is 1. The number of carbonyl (C=O) groups is 2. The van der Waals surface area contributed by atoms with Crippen LogP contribution in [0.3, 0.4) is 0 Å². The van der Waals surface area contributed by atoms with Crippen molar-refractivity contribution in [1.29, 1.82) is 0 Å². The number of nitrogens with zero attached hydrogens (tertiary/aromatic N) is 2. The molecule has 2 N–H and O–H groups in total. The van der Waals surface area contributed by atoms with Crippen molar-refractivity contribution >= 4 is 22.8 Å². The average Bonchev–Trinajstić information content (AvgIpc) is 3.73. The normalized spacial score (nSPS) is 14.2. The summed E-state index contributed by atoms with van der Waals surface area (Å²) < 4.78 is 19.2. The largest absolute Gasteiger partial charge is 0.463 e. The fourth-order valence-electron chi connectivity index (χ4n) is 4.60. The van der Waals surface area contributed by atoms with Crippen LogP contribution in [0.5, 0.6) is 0 Å². The first-order valence-electron chi connectivity index (χ1n) is 13.1. The second kappa shape index (κ2) is 11.9. The third-order valence-electron chi connectivity index (χ3n) is 6.87. The molecular formula is C30H36FN3O4. The van der Waals surface area contributed by atoms with Crippen molar-refractivity contribution in [3.05, 3.63) is 77.4 Å². The summed E-state index contributed by atoms with van der Waals surface area (Å²) in [5.74, 6) is -0.320. The van der Waals surface area contributed by atoms with Crippen LogP contribution in [0.2, 0.25) is 0 Å². The summed E-state index contributed by atoms with van der Waals surface area (Å²) in [5.41, 5.74) is 1.56. The molecule has 4 rings (SSSR count). The summed E-state index contributed by atoms with van der Waals surface area (Å²) >= 11 is 0. The fourth-order valence-corrected chi connectivity index (χ4v) is 4.60. The van der Waals surface area contributed by atoms with Gasteiger partial charge in [-0.1, -0.05) is 30.3 Å². The minimum atomic E-state index is -1.07. The van der Waals surface area contributed by atoms with E-state index in [1.807, 2.05) is 30.3 Å². The van der Waals surface area contributed by atoms with E-state index in [0.29, 0.717) is 12.3 Å². The number of hydrogen-bond acceptors (Lipinski definition) is 5. The lowest BCUT2D eigenvalue weighted by molar-refractivity contribution is -0.145. The molecule has 1 saturated carbocycles. The number of fused-ring (bicyclic) bond motifs is 1. The minimum Gasteiger partial charge on any atom is -0.463 e. The maximum absolute atomic E-state index is 13.7. The molecule has 0 bridgehead atoms. The number of aliphatic hydroxyl groups is 1.